The van der Waals surface area contributed by atoms with Crippen molar-refractivity contribution in [2.45, 2.75) is 0 Å². The molecular weight excluding hydrogens is 244 g/mol. The average Bonchev–Trinajstić information content (AvgIpc) is 2.65. The zero-order chi connectivity index (χ0) is 12.0. The standard InChI is InChI=1S/C12H7BF3S/c14-13(15,16)8-5-6-12-10(7-8)9-3-1-2-4-11(9)17-12/h1-7H/q-1. The third-order valence-electron chi connectivity index (χ3n) is 2.78. The van der Waals surface area contributed by atoms with Gasteiger partial charge in [0.25, 0.3) is 0 Å². The lowest BCUT2D eigenvalue weighted by atomic mass is 9.79. The SMILES string of the molecule is F[B-](F)(F)c1ccc2sc3ccccc3c2c1. The fraction of sp³-hybridized carbons (Fsp3) is 0. The monoisotopic (exact) mass is 251 g/mol. The van der Waals surface area contributed by atoms with Crippen molar-refractivity contribution >= 4 is 43.9 Å². The van der Waals surface area contributed by atoms with Crippen molar-refractivity contribution in [3.8, 4) is 0 Å². The molecule has 1 heterocycles. The van der Waals surface area contributed by atoms with Crippen LogP contribution in [0.2, 0.25) is 0 Å². The second-order valence-electron chi connectivity index (χ2n) is 3.93. The molecule has 0 atom stereocenters. The summed E-state index contributed by atoms with van der Waals surface area (Å²) < 4.78 is 40.0. The molecule has 0 spiro atoms. The van der Waals surface area contributed by atoms with Crippen molar-refractivity contribution in [2.75, 3.05) is 0 Å². The maximum absolute atomic E-state index is 12.7. The molecule has 0 nitrogen and oxygen atoms in total. The highest BCUT2D eigenvalue weighted by molar-refractivity contribution is 7.25. The first-order chi connectivity index (χ1) is 8.05. The molecule has 0 unspecified atom stereocenters. The van der Waals surface area contributed by atoms with E-state index in [2.05, 4.69) is 0 Å². The summed E-state index contributed by atoms with van der Waals surface area (Å²) in [4.78, 5) is 0. The van der Waals surface area contributed by atoms with E-state index in [0.717, 1.165) is 20.9 Å². The predicted molar refractivity (Wildman–Crippen MR) is 68.0 cm³/mol. The van der Waals surface area contributed by atoms with Crippen molar-refractivity contribution < 1.29 is 12.9 Å². The van der Waals surface area contributed by atoms with Crippen LogP contribution in [-0.2, 0) is 0 Å². The molecule has 0 saturated carbocycles. The average molecular weight is 251 g/mol. The van der Waals surface area contributed by atoms with Gasteiger partial charge in [0, 0.05) is 14.8 Å². The predicted octanol–water partition coefficient (Wildman–Crippen LogP) is 4.11. The Hall–Kier alpha value is -1.49. The molecule has 0 bridgehead atoms. The Kier molecular flexibility index (Phi) is 2.19. The number of benzene rings is 2. The van der Waals surface area contributed by atoms with E-state index >= 15 is 0 Å². The second kappa shape index (κ2) is 3.50. The van der Waals surface area contributed by atoms with Crippen LogP contribution in [0.3, 0.4) is 0 Å². The zero-order valence-electron chi connectivity index (χ0n) is 8.66. The van der Waals surface area contributed by atoms with Gasteiger partial charge in [-0.15, -0.1) is 16.8 Å². The van der Waals surface area contributed by atoms with E-state index < -0.39 is 12.4 Å². The Labute approximate surface area is 99.7 Å². The van der Waals surface area contributed by atoms with Gasteiger partial charge in [0.1, 0.15) is 0 Å². The quantitative estimate of drug-likeness (QED) is 0.571. The van der Waals surface area contributed by atoms with E-state index in [4.69, 9.17) is 0 Å². The van der Waals surface area contributed by atoms with Crippen LogP contribution >= 0.6 is 11.3 Å². The van der Waals surface area contributed by atoms with Gasteiger partial charge in [-0.05, 0) is 17.5 Å². The van der Waals surface area contributed by atoms with E-state index in [1.807, 2.05) is 24.3 Å². The minimum absolute atomic E-state index is 0.527. The molecule has 0 amide bonds. The second-order valence-corrected chi connectivity index (χ2v) is 5.01. The summed E-state index contributed by atoms with van der Waals surface area (Å²) in [5, 5.41) is 1.59. The maximum atomic E-state index is 12.7. The molecule has 2 aromatic carbocycles. The van der Waals surface area contributed by atoms with Crippen LogP contribution in [0.15, 0.2) is 42.5 Å². The zero-order valence-corrected chi connectivity index (χ0v) is 9.48. The largest absolute Gasteiger partial charge is 0.509 e. The molecule has 5 heteroatoms. The van der Waals surface area contributed by atoms with Gasteiger partial charge in [-0.1, -0.05) is 30.3 Å². The Balaban J connectivity index is 2.38. The highest BCUT2D eigenvalue weighted by Gasteiger charge is 2.25. The first-order valence-electron chi connectivity index (χ1n) is 5.17. The summed E-state index contributed by atoms with van der Waals surface area (Å²) in [6.07, 6.45) is 0. The normalized spacial score (nSPS) is 12.4. The molecule has 0 saturated heterocycles. The molecule has 0 radical (unpaired) electrons. The van der Waals surface area contributed by atoms with E-state index in [1.54, 1.807) is 6.07 Å². The van der Waals surface area contributed by atoms with Crippen molar-refractivity contribution in [3.63, 3.8) is 0 Å². The van der Waals surface area contributed by atoms with E-state index in [9.17, 15) is 12.9 Å². The van der Waals surface area contributed by atoms with Gasteiger partial charge in [-0.25, -0.2) is 0 Å². The first-order valence-corrected chi connectivity index (χ1v) is 5.98. The topological polar surface area (TPSA) is 0 Å². The fourth-order valence-electron chi connectivity index (χ4n) is 1.95. The summed E-state index contributed by atoms with van der Waals surface area (Å²) in [6, 6.07) is 11.5. The molecule has 86 valence electrons. The smallest absolute Gasteiger partial charge is 0.445 e. The van der Waals surface area contributed by atoms with Gasteiger partial charge in [0.15, 0.2) is 0 Å². The lowest BCUT2D eigenvalue weighted by Crippen LogP contribution is -2.33. The van der Waals surface area contributed by atoms with E-state index in [-0.39, 0.29) is 0 Å². The summed E-state index contributed by atoms with van der Waals surface area (Å²) >= 11 is 1.52. The molecule has 3 aromatic rings. The van der Waals surface area contributed by atoms with Crippen molar-refractivity contribution in [1.29, 1.82) is 0 Å². The summed E-state index contributed by atoms with van der Waals surface area (Å²) in [6.45, 7) is -4.92. The van der Waals surface area contributed by atoms with Crippen LogP contribution in [0, 0.1) is 0 Å². The van der Waals surface area contributed by atoms with Crippen LogP contribution < -0.4 is 5.46 Å². The fourth-order valence-corrected chi connectivity index (χ4v) is 3.03. The third-order valence-corrected chi connectivity index (χ3v) is 3.93. The Morgan fingerprint density at radius 3 is 2.29 bits per heavy atom. The number of thiophene rings is 1. The van der Waals surface area contributed by atoms with Crippen LogP contribution in [0.4, 0.5) is 12.9 Å². The van der Waals surface area contributed by atoms with Gasteiger partial charge in [0.2, 0.25) is 0 Å². The molecule has 3 rings (SSSR count). The molecular formula is C12H7BF3S-. The third kappa shape index (κ3) is 1.71. The molecule has 17 heavy (non-hydrogen) atoms. The maximum Gasteiger partial charge on any atom is 0.509 e. The minimum atomic E-state index is -4.92. The lowest BCUT2D eigenvalue weighted by Gasteiger charge is -2.14. The summed E-state index contributed by atoms with van der Waals surface area (Å²) in [5.41, 5.74) is -0.527. The number of hydrogen-bond donors (Lipinski definition) is 0. The number of halogens is 3. The summed E-state index contributed by atoms with van der Waals surface area (Å²) in [5.74, 6) is 0. The highest BCUT2D eigenvalue weighted by Crippen LogP contribution is 2.33. The molecule has 0 aliphatic heterocycles. The molecule has 0 aliphatic rings. The number of hydrogen-bond acceptors (Lipinski definition) is 1. The molecule has 0 N–H and O–H groups in total. The lowest BCUT2D eigenvalue weighted by molar-refractivity contribution is 0.501. The van der Waals surface area contributed by atoms with Gasteiger partial charge in [0.05, 0.1) is 0 Å². The van der Waals surface area contributed by atoms with E-state index in [0.29, 0.717) is 5.39 Å². The Morgan fingerprint density at radius 2 is 1.53 bits per heavy atom. The number of fused-ring (bicyclic) bond motifs is 3. The van der Waals surface area contributed by atoms with Gasteiger partial charge in [-0.2, -0.15) is 0 Å². The Morgan fingerprint density at radius 1 is 0.824 bits per heavy atom. The first kappa shape index (κ1) is 10.7. The minimum Gasteiger partial charge on any atom is -0.445 e. The summed E-state index contributed by atoms with van der Waals surface area (Å²) in [7, 11) is 0. The van der Waals surface area contributed by atoms with Crippen LogP contribution in [-0.4, -0.2) is 6.98 Å². The van der Waals surface area contributed by atoms with E-state index in [1.165, 1.54) is 17.4 Å². The van der Waals surface area contributed by atoms with Crippen LogP contribution in [0.5, 0.6) is 0 Å². The molecule has 0 aliphatic carbocycles. The van der Waals surface area contributed by atoms with Gasteiger partial charge in [-0.3, -0.25) is 0 Å². The molecule has 1 aromatic heterocycles. The van der Waals surface area contributed by atoms with Crippen molar-refractivity contribution in [1.82, 2.24) is 0 Å². The van der Waals surface area contributed by atoms with Gasteiger partial charge < -0.3 is 12.9 Å². The van der Waals surface area contributed by atoms with Crippen LogP contribution in [0.25, 0.3) is 20.2 Å². The highest BCUT2D eigenvalue weighted by atomic mass is 32.1. The molecule has 0 fully saturated rings. The van der Waals surface area contributed by atoms with Crippen LogP contribution in [0.1, 0.15) is 0 Å². The van der Waals surface area contributed by atoms with Crippen molar-refractivity contribution in [2.24, 2.45) is 0 Å². The van der Waals surface area contributed by atoms with Crippen molar-refractivity contribution in [3.05, 3.63) is 42.5 Å². The number of rotatable bonds is 1. The van der Waals surface area contributed by atoms with Gasteiger partial charge >= 0.3 is 6.98 Å². The Bertz CT molecular complexity index is 700.